The Labute approximate surface area is 92.8 Å². The first-order valence-corrected chi connectivity index (χ1v) is 5.44. The summed E-state index contributed by atoms with van der Waals surface area (Å²) in [4.78, 5) is 19.4. The lowest BCUT2D eigenvalue weighted by Crippen LogP contribution is -2.42. The molecule has 82 valence electrons. The first kappa shape index (κ1) is 11.9. The van der Waals surface area contributed by atoms with Crippen LogP contribution in [0.25, 0.3) is 0 Å². The average molecular weight is 226 g/mol. The van der Waals surface area contributed by atoms with Gasteiger partial charge in [0.25, 0.3) is 0 Å². The van der Waals surface area contributed by atoms with E-state index >= 15 is 0 Å². The van der Waals surface area contributed by atoms with Crippen molar-refractivity contribution in [3.8, 4) is 0 Å². The minimum Gasteiger partial charge on any atom is -0.294 e. The van der Waals surface area contributed by atoms with E-state index in [9.17, 15) is 4.79 Å². The molecule has 0 aliphatic rings. The summed E-state index contributed by atoms with van der Waals surface area (Å²) in [7, 11) is 0. The van der Waals surface area contributed by atoms with Crippen LogP contribution in [0.1, 0.15) is 13.8 Å². The summed E-state index contributed by atoms with van der Waals surface area (Å²) >= 11 is 1.48. The molecule has 0 saturated heterocycles. The molecule has 1 aromatic rings. The van der Waals surface area contributed by atoms with Crippen molar-refractivity contribution in [1.82, 2.24) is 15.4 Å². The number of carbonyl (C=O) groups is 1. The van der Waals surface area contributed by atoms with Crippen LogP contribution in [0, 0.1) is 5.41 Å². The highest BCUT2D eigenvalue weighted by atomic mass is 32.2. The molecule has 0 unspecified atom stereocenters. The highest BCUT2D eigenvalue weighted by Crippen LogP contribution is 2.25. The zero-order valence-electron chi connectivity index (χ0n) is 8.73. The zero-order valence-corrected chi connectivity index (χ0v) is 9.54. The van der Waals surface area contributed by atoms with Crippen LogP contribution >= 0.6 is 11.8 Å². The molecule has 0 spiro atoms. The largest absolute Gasteiger partial charge is 0.294 e. The molecule has 0 radical (unpaired) electrons. The van der Waals surface area contributed by atoms with Crippen molar-refractivity contribution in [1.29, 1.82) is 0 Å². The Hall–Kier alpha value is -1.14. The zero-order chi connectivity index (χ0) is 11.3. The number of nitrogens with zero attached hydrogens (tertiary/aromatic N) is 2. The Morgan fingerprint density at radius 2 is 2.33 bits per heavy atom. The van der Waals surface area contributed by atoms with E-state index in [4.69, 9.17) is 5.84 Å². The molecule has 15 heavy (non-hydrogen) atoms. The van der Waals surface area contributed by atoms with E-state index in [0.717, 1.165) is 5.03 Å². The molecule has 1 rings (SSSR count). The maximum atomic E-state index is 11.4. The van der Waals surface area contributed by atoms with Gasteiger partial charge in [0, 0.05) is 18.1 Å². The van der Waals surface area contributed by atoms with Gasteiger partial charge in [0.1, 0.15) is 5.03 Å². The van der Waals surface area contributed by atoms with Gasteiger partial charge in [0.15, 0.2) is 0 Å². The summed E-state index contributed by atoms with van der Waals surface area (Å²) in [5, 5.41) is 0.801. The molecule has 1 amide bonds. The van der Waals surface area contributed by atoms with Crippen molar-refractivity contribution in [2.45, 2.75) is 18.9 Å². The summed E-state index contributed by atoms with van der Waals surface area (Å²) in [6, 6.07) is 0. The predicted octanol–water partition coefficient (Wildman–Crippen LogP) is 0.585. The molecule has 0 bridgehead atoms. The summed E-state index contributed by atoms with van der Waals surface area (Å²) < 4.78 is 0. The Kier molecular flexibility index (Phi) is 4.05. The fourth-order valence-corrected chi connectivity index (χ4v) is 1.79. The van der Waals surface area contributed by atoms with E-state index in [1.165, 1.54) is 11.8 Å². The number of nitrogens with two attached hydrogens (primary N) is 1. The number of carbonyl (C=O) groups excluding carboxylic acids is 1. The minimum atomic E-state index is -0.517. The molecule has 6 heteroatoms. The molecule has 0 fully saturated rings. The molecule has 0 atom stereocenters. The summed E-state index contributed by atoms with van der Waals surface area (Å²) in [6.07, 6.45) is 4.90. The maximum absolute atomic E-state index is 11.4. The summed E-state index contributed by atoms with van der Waals surface area (Å²) in [6.45, 7) is 3.66. The molecule has 0 aromatic carbocycles. The van der Waals surface area contributed by atoms with Crippen molar-refractivity contribution in [3.63, 3.8) is 0 Å². The van der Waals surface area contributed by atoms with Gasteiger partial charge in [0.05, 0.1) is 11.6 Å². The van der Waals surface area contributed by atoms with Crippen molar-refractivity contribution < 1.29 is 4.79 Å². The predicted molar refractivity (Wildman–Crippen MR) is 58.9 cm³/mol. The lowest BCUT2D eigenvalue weighted by atomic mass is 9.96. The standard InChI is InChI=1S/C9H14N4OS/c1-9(2,8(14)13-10)6-15-7-5-11-3-4-12-7/h3-5H,6,10H2,1-2H3,(H,13,14). The van der Waals surface area contributed by atoms with Crippen molar-refractivity contribution in [2.24, 2.45) is 11.3 Å². The molecular weight excluding hydrogens is 212 g/mol. The van der Waals surface area contributed by atoms with Crippen LogP contribution in [0.15, 0.2) is 23.6 Å². The van der Waals surface area contributed by atoms with E-state index in [1.54, 1.807) is 18.6 Å². The average Bonchev–Trinajstić information content (AvgIpc) is 2.27. The van der Waals surface area contributed by atoms with Crippen LogP contribution in [0.5, 0.6) is 0 Å². The topological polar surface area (TPSA) is 80.9 Å². The van der Waals surface area contributed by atoms with E-state index in [0.29, 0.717) is 5.75 Å². The third kappa shape index (κ3) is 3.49. The Morgan fingerprint density at radius 3 is 2.87 bits per heavy atom. The van der Waals surface area contributed by atoms with Gasteiger partial charge in [-0.25, -0.2) is 10.8 Å². The van der Waals surface area contributed by atoms with Gasteiger partial charge in [-0.1, -0.05) is 13.8 Å². The molecule has 5 nitrogen and oxygen atoms in total. The molecule has 0 aliphatic heterocycles. The van der Waals surface area contributed by atoms with Crippen LogP contribution in [0.3, 0.4) is 0 Å². The number of hydrogen-bond donors (Lipinski definition) is 2. The van der Waals surface area contributed by atoms with Crippen LogP contribution < -0.4 is 11.3 Å². The normalized spacial score (nSPS) is 11.1. The Bertz CT molecular complexity index is 328. The van der Waals surface area contributed by atoms with Crippen molar-refractivity contribution in [2.75, 3.05) is 5.75 Å². The quantitative estimate of drug-likeness (QED) is 0.340. The van der Waals surface area contributed by atoms with Gasteiger partial charge in [-0.05, 0) is 0 Å². The molecule has 1 aromatic heterocycles. The fraction of sp³-hybridized carbons (Fsp3) is 0.444. The van der Waals surface area contributed by atoms with Crippen LogP contribution in [0.4, 0.5) is 0 Å². The monoisotopic (exact) mass is 226 g/mol. The number of hydrazine groups is 1. The number of rotatable bonds is 4. The lowest BCUT2D eigenvalue weighted by Gasteiger charge is -2.21. The Balaban J connectivity index is 2.53. The van der Waals surface area contributed by atoms with Crippen molar-refractivity contribution in [3.05, 3.63) is 18.6 Å². The number of hydrogen-bond acceptors (Lipinski definition) is 5. The lowest BCUT2D eigenvalue weighted by molar-refractivity contribution is -0.128. The first-order valence-electron chi connectivity index (χ1n) is 4.46. The highest BCUT2D eigenvalue weighted by molar-refractivity contribution is 7.99. The fourth-order valence-electron chi connectivity index (χ4n) is 0.875. The highest BCUT2D eigenvalue weighted by Gasteiger charge is 2.27. The van der Waals surface area contributed by atoms with Gasteiger partial charge >= 0.3 is 0 Å². The first-order chi connectivity index (χ1) is 7.06. The summed E-state index contributed by atoms with van der Waals surface area (Å²) in [5.41, 5.74) is 1.64. The SMILES string of the molecule is CC(C)(CSc1cnccn1)C(=O)NN. The van der Waals surface area contributed by atoms with Gasteiger partial charge in [0.2, 0.25) is 5.91 Å². The van der Waals surface area contributed by atoms with Gasteiger partial charge in [-0.2, -0.15) is 0 Å². The van der Waals surface area contributed by atoms with E-state index in [2.05, 4.69) is 15.4 Å². The van der Waals surface area contributed by atoms with Crippen LogP contribution in [0.2, 0.25) is 0 Å². The molecule has 3 N–H and O–H groups in total. The minimum absolute atomic E-state index is 0.182. The van der Waals surface area contributed by atoms with Crippen LogP contribution in [-0.2, 0) is 4.79 Å². The third-order valence-electron chi connectivity index (χ3n) is 1.87. The second kappa shape index (κ2) is 5.09. The second-order valence-corrected chi connectivity index (χ2v) is 4.69. The van der Waals surface area contributed by atoms with Gasteiger partial charge in [-0.15, -0.1) is 11.8 Å². The summed E-state index contributed by atoms with van der Waals surface area (Å²) in [5.74, 6) is 5.51. The van der Waals surface area contributed by atoms with Gasteiger partial charge in [-0.3, -0.25) is 15.2 Å². The van der Waals surface area contributed by atoms with Crippen molar-refractivity contribution >= 4 is 17.7 Å². The molecular formula is C9H14N4OS. The van der Waals surface area contributed by atoms with Gasteiger partial charge < -0.3 is 0 Å². The molecule has 0 saturated carbocycles. The van der Waals surface area contributed by atoms with E-state index < -0.39 is 5.41 Å². The van der Waals surface area contributed by atoms with Crippen LogP contribution in [-0.4, -0.2) is 21.6 Å². The molecule has 1 heterocycles. The number of amides is 1. The number of nitrogens with one attached hydrogen (secondary N) is 1. The second-order valence-electron chi connectivity index (χ2n) is 3.69. The van der Waals surface area contributed by atoms with E-state index in [1.807, 2.05) is 13.8 Å². The molecule has 0 aliphatic carbocycles. The third-order valence-corrected chi connectivity index (χ3v) is 3.24. The number of thioether (sulfide) groups is 1. The smallest absolute Gasteiger partial charge is 0.240 e. The maximum Gasteiger partial charge on any atom is 0.240 e. The number of aromatic nitrogens is 2. The van der Waals surface area contributed by atoms with E-state index in [-0.39, 0.29) is 5.91 Å². The Morgan fingerprint density at radius 1 is 1.60 bits per heavy atom.